The van der Waals surface area contributed by atoms with Crippen LogP contribution in [0.15, 0.2) is 65.6 Å². The van der Waals surface area contributed by atoms with Crippen molar-refractivity contribution >= 4 is 17.5 Å². The Morgan fingerprint density at radius 1 is 1.11 bits per heavy atom. The van der Waals surface area contributed by atoms with Crippen LogP contribution in [-0.4, -0.2) is 27.8 Å². The minimum absolute atomic E-state index is 0.0299. The summed E-state index contributed by atoms with van der Waals surface area (Å²) in [7, 11) is 0. The van der Waals surface area contributed by atoms with E-state index in [1.54, 1.807) is 12.5 Å². The van der Waals surface area contributed by atoms with E-state index in [1.807, 2.05) is 60.5 Å². The number of rotatable bonds is 5. The summed E-state index contributed by atoms with van der Waals surface area (Å²) >= 11 is 0. The number of hydrogen-bond donors (Lipinski definition) is 1. The largest absolute Gasteiger partial charge is 0.472 e. The summed E-state index contributed by atoms with van der Waals surface area (Å²) in [6, 6.07) is 13.3. The van der Waals surface area contributed by atoms with Gasteiger partial charge in [-0.1, -0.05) is 17.7 Å². The van der Waals surface area contributed by atoms with Crippen LogP contribution in [0.4, 0.5) is 5.69 Å². The molecule has 0 bridgehead atoms. The van der Waals surface area contributed by atoms with Crippen LogP contribution in [0.3, 0.4) is 0 Å². The Hall–Kier alpha value is -3.28. The summed E-state index contributed by atoms with van der Waals surface area (Å²) in [5.74, 6) is -0.185. The van der Waals surface area contributed by atoms with Crippen molar-refractivity contribution in [1.82, 2.24) is 9.47 Å². The van der Waals surface area contributed by atoms with Gasteiger partial charge in [0.1, 0.15) is 6.04 Å². The first kappa shape index (κ1) is 18.1. The third kappa shape index (κ3) is 3.71. The van der Waals surface area contributed by atoms with E-state index in [-0.39, 0.29) is 30.7 Å². The number of nitrogens with zero attached hydrogens (tertiary/aromatic N) is 2. The molecule has 1 aliphatic rings. The van der Waals surface area contributed by atoms with E-state index in [0.717, 1.165) is 29.1 Å². The molecule has 3 heterocycles. The number of nitrogens with one attached hydrogen (secondary N) is 1. The van der Waals surface area contributed by atoms with E-state index in [1.165, 1.54) is 0 Å². The zero-order valence-corrected chi connectivity index (χ0v) is 15.8. The van der Waals surface area contributed by atoms with Crippen LogP contribution in [0.5, 0.6) is 0 Å². The standard InChI is InChI=1S/C22H23N3O3/c1-16-4-6-18(7-5-16)23-20(26)8-9-21(27)25-13-12-24-11-2-3-19(24)22(25)17-10-14-28-15-17/h2-7,10-11,14-15,22H,8-9,12-13H2,1H3,(H,23,26)/t22-/m0/s1. The highest BCUT2D eigenvalue weighted by Gasteiger charge is 2.32. The van der Waals surface area contributed by atoms with Crippen LogP contribution in [-0.2, 0) is 16.1 Å². The van der Waals surface area contributed by atoms with Gasteiger partial charge in [-0.25, -0.2) is 0 Å². The highest BCUT2D eigenvalue weighted by Crippen LogP contribution is 2.33. The number of fused-ring (bicyclic) bond motifs is 1. The number of aryl methyl sites for hydroxylation is 1. The maximum Gasteiger partial charge on any atom is 0.224 e. The van der Waals surface area contributed by atoms with Crippen LogP contribution in [0.25, 0.3) is 0 Å². The predicted molar refractivity (Wildman–Crippen MR) is 106 cm³/mol. The van der Waals surface area contributed by atoms with Crippen molar-refractivity contribution in [3.05, 3.63) is 78.0 Å². The highest BCUT2D eigenvalue weighted by molar-refractivity contribution is 5.93. The number of carbonyl (C=O) groups is 2. The van der Waals surface area contributed by atoms with Crippen molar-refractivity contribution in [3.8, 4) is 0 Å². The third-order valence-corrected chi connectivity index (χ3v) is 5.12. The van der Waals surface area contributed by atoms with Gasteiger partial charge >= 0.3 is 0 Å². The van der Waals surface area contributed by atoms with Crippen molar-refractivity contribution < 1.29 is 14.0 Å². The molecular weight excluding hydrogens is 354 g/mol. The van der Waals surface area contributed by atoms with E-state index >= 15 is 0 Å². The average Bonchev–Trinajstić information content (AvgIpc) is 3.38. The Kier molecular flexibility index (Phi) is 5.02. The van der Waals surface area contributed by atoms with Crippen LogP contribution in [0, 0.1) is 6.92 Å². The Labute approximate surface area is 163 Å². The van der Waals surface area contributed by atoms with E-state index in [4.69, 9.17) is 4.42 Å². The fourth-order valence-corrected chi connectivity index (χ4v) is 3.66. The van der Waals surface area contributed by atoms with E-state index in [2.05, 4.69) is 9.88 Å². The van der Waals surface area contributed by atoms with Crippen LogP contribution in [0.2, 0.25) is 0 Å². The first-order chi connectivity index (χ1) is 13.6. The van der Waals surface area contributed by atoms with Gasteiger partial charge in [-0.05, 0) is 37.3 Å². The Morgan fingerprint density at radius 3 is 2.68 bits per heavy atom. The molecule has 1 aromatic carbocycles. The Balaban J connectivity index is 1.42. The molecule has 4 rings (SSSR count). The third-order valence-electron chi connectivity index (χ3n) is 5.12. The molecule has 0 radical (unpaired) electrons. The van der Waals surface area contributed by atoms with Crippen LogP contribution in [0.1, 0.15) is 35.7 Å². The molecule has 0 saturated heterocycles. The van der Waals surface area contributed by atoms with E-state index in [9.17, 15) is 9.59 Å². The lowest BCUT2D eigenvalue weighted by Gasteiger charge is -2.36. The van der Waals surface area contributed by atoms with E-state index in [0.29, 0.717) is 6.54 Å². The number of anilines is 1. The molecule has 0 spiro atoms. The molecule has 0 aliphatic carbocycles. The summed E-state index contributed by atoms with van der Waals surface area (Å²) < 4.78 is 7.41. The quantitative estimate of drug-likeness (QED) is 0.736. The van der Waals surface area contributed by atoms with E-state index < -0.39 is 0 Å². The number of hydrogen-bond acceptors (Lipinski definition) is 3. The summed E-state index contributed by atoms with van der Waals surface area (Å²) in [5, 5.41) is 2.85. The first-order valence-electron chi connectivity index (χ1n) is 9.45. The topological polar surface area (TPSA) is 67.5 Å². The number of furan rings is 1. The number of carbonyl (C=O) groups excluding carboxylic acids is 2. The fourth-order valence-electron chi connectivity index (χ4n) is 3.66. The number of aromatic nitrogens is 1. The lowest BCUT2D eigenvalue weighted by molar-refractivity contribution is -0.135. The second-order valence-corrected chi connectivity index (χ2v) is 7.09. The van der Waals surface area contributed by atoms with Crippen molar-refractivity contribution in [3.63, 3.8) is 0 Å². The van der Waals surface area contributed by atoms with Crippen LogP contribution >= 0.6 is 0 Å². The Bertz CT molecular complexity index is 957. The zero-order valence-electron chi connectivity index (χ0n) is 15.8. The number of benzene rings is 1. The molecule has 144 valence electrons. The normalized spacial score (nSPS) is 15.9. The summed E-state index contributed by atoms with van der Waals surface area (Å²) in [6.07, 6.45) is 5.65. The maximum absolute atomic E-state index is 12.9. The monoisotopic (exact) mass is 377 g/mol. The molecule has 1 aliphatic heterocycles. The van der Waals surface area contributed by atoms with Gasteiger partial charge in [0.15, 0.2) is 0 Å². The molecule has 2 aromatic heterocycles. The minimum atomic E-state index is -0.185. The molecular formula is C22H23N3O3. The molecule has 6 heteroatoms. The summed E-state index contributed by atoms with van der Waals surface area (Å²) in [6.45, 7) is 3.35. The lowest BCUT2D eigenvalue weighted by Crippen LogP contribution is -2.42. The molecule has 2 amide bonds. The predicted octanol–water partition coefficient (Wildman–Crippen LogP) is 3.74. The average molecular weight is 377 g/mol. The molecule has 1 atom stereocenters. The summed E-state index contributed by atoms with van der Waals surface area (Å²) in [4.78, 5) is 27.0. The van der Waals surface area contributed by atoms with Crippen molar-refractivity contribution in [2.24, 2.45) is 0 Å². The van der Waals surface area contributed by atoms with Gasteiger partial charge in [-0.15, -0.1) is 0 Å². The molecule has 0 saturated carbocycles. The van der Waals surface area contributed by atoms with Gasteiger partial charge < -0.3 is 19.2 Å². The zero-order chi connectivity index (χ0) is 19.5. The first-order valence-corrected chi connectivity index (χ1v) is 9.45. The smallest absolute Gasteiger partial charge is 0.224 e. The molecule has 28 heavy (non-hydrogen) atoms. The molecule has 0 unspecified atom stereocenters. The van der Waals surface area contributed by atoms with Gasteiger partial charge in [-0.2, -0.15) is 0 Å². The minimum Gasteiger partial charge on any atom is -0.472 e. The lowest BCUT2D eigenvalue weighted by atomic mass is 10.0. The van der Waals surface area contributed by atoms with Crippen molar-refractivity contribution in [2.75, 3.05) is 11.9 Å². The van der Waals surface area contributed by atoms with Crippen molar-refractivity contribution in [2.45, 2.75) is 32.4 Å². The SMILES string of the molecule is Cc1ccc(NC(=O)CCC(=O)N2CCn3cccc3[C@@H]2c2ccoc2)cc1. The summed E-state index contributed by atoms with van der Waals surface area (Å²) in [5.41, 5.74) is 3.88. The highest BCUT2D eigenvalue weighted by atomic mass is 16.3. The van der Waals surface area contributed by atoms with Crippen LogP contribution < -0.4 is 5.32 Å². The molecule has 0 fully saturated rings. The number of amides is 2. The second-order valence-electron chi connectivity index (χ2n) is 7.09. The second kappa shape index (κ2) is 7.76. The molecule has 1 N–H and O–H groups in total. The maximum atomic E-state index is 12.9. The molecule has 6 nitrogen and oxygen atoms in total. The van der Waals surface area contributed by atoms with Gasteiger partial charge in [-0.3, -0.25) is 9.59 Å². The van der Waals surface area contributed by atoms with Gasteiger partial charge in [0.25, 0.3) is 0 Å². The van der Waals surface area contributed by atoms with Gasteiger partial charge in [0, 0.05) is 49.1 Å². The Morgan fingerprint density at radius 2 is 1.93 bits per heavy atom. The van der Waals surface area contributed by atoms with Gasteiger partial charge in [0.2, 0.25) is 11.8 Å². The fraction of sp³-hybridized carbons (Fsp3) is 0.273. The van der Waals surface area contributed by atoms with Crippen molar-refractivity contribution in [1.29, 1.82) is 0 Å². The van der Waals surface area contributed by atoms with Gasteiger partial charge in [0.05, 0.1) is 12.5 Å². The molecule has 3 aromatic rings.